The number of aryl methyl sites for hydroxylation is 2. The number of halogens is 1. The first-order valence-electron chi connectivity index (χ1n) is 6.47. The molecule has 1 atom stereocenters. The van der Waals surface area contributed by atoms with E-state index in [2.05, 4.69) is 31.9 Å². The van der Waals surface area contributed by atoms with Gasteiger partial charge in [-0.15, -0.1) is 0 Å². The van der Waals surface area contributed by atoms with E-state index in [1.54, 1.807) is 13.8 Å². The minimum Gasteiger partial charge on any atom is -0.373 e. The summed E-state index contributed by atoms with van der Waals surface area (Å²) in [5, 5.41) is 7.92. The fourth-order valence-electron chi connectivity index (χ4n) is 1.81. The summed E-state index contributed by atoms with van der Waals surface area (Å²) in [6.45, 7) is 7.95. The zero-order chi connectivity index (χ0) is 15.3. The first kappa shape index (κ1) is 16.5. The molecular weight excluding hydrogens is 322 g/mol. The first-order valence-corrected chi connectivity index (χ1v) is 7.26. The van der Waals surface area contributed by atoms with Crippen molar-refractivity contribution in [3.05, 3.63) is 27.7 Å². The number of carbonyl (C=O) groups is 2. The van der Waals surface area contributed by atoms with Crippen molar-refractivity contribution in [2.45, 2.75) is 33.7 Å². The maximum Gasteiger partial charge on any atom is 0.321 e. The standard InChI is InChI=1S/C14H20BrN3O2/c1-5-16-14(20)18-13(19)10(4)17-12-9(3)6-8(2)7-11(12)15/h6-7,10,17H,5H2,1-4H3,(H2,16,18,19,20). The highest BCUT2D eigenvalue weighted by molar-refractivity contribution is 9.10. The highest BCUT2D eigenvalue weighted by Gasteiger charge is 2.17. The second-order valence-corrected chi connectivity index (χ2v) is 5.51. The Morgan fingerprint density at radius 3 is 2.50 bits per heavy atom. The Kier molecular flexibility index (Phi) is 6.01. The van der Waals surface area contributed by atoms with Crippen LogP contribution in [0.3, 0.4) is 0 Å². The summed E-state index contributed by atoms with van der Waals surface area (Å²) in [5.74, 6) is -0.372. The van der Waals surface area contributed by atoms with E-state index in [-0.39, 0.29) is 5.91 Å². The zero-order valence-electron chi connectivity index (χ0n) is 12.1. The molecule has 1 unspecified atom stereocenters. The summed E-state index contributed by atoms with van der Waals surface area (Å²) in [6, 6.07) is 3.01. The van der Waals surface area contributed by atoms with Crippen molar-refractivity contribution in [2.75, 3.05) is 11.9 Å². The lowest BCUT2D eigenvalue weighted by Crippen LogP contribution is -2.45. The van der Waals surface area contributed by atoms with Gasteiger partial charge >= 0.3 is 6.03 Å². The summed E-state index contributed by atoms with van der Waals surface area (Å²) in [4.78, 5) is 23.2. The topological polar surface area (TPSA) is 70.2 Å². The molecule has 3 amide bonds. The highest BCUT2D eigenvalue weighted by atomic mass is 79.9. The normalized spacial score (nSPS) is 11.7. The molecule has 0 bridgehead atoms. The molecule has 0 saturated carbocycles. The molecule has 0 heterocycles. The van der Waals surface area contributed by atoms with Crippen molar-refractivity contribution in [1.29, 1.82) is 0 Å². The maximum atomic E-state index is 11.9. The fourth-order valence-corrected chi connectivity index (χ4v) is 2.59. The maximum absolute atomic E-state index is 11.9. The van der Waals surface area contributed by atoms with E-state index in [0.717, 1.165) is 21.3 Å². The molecule has 0 aromatic heterocycles. The van der Waals surface area contributed by atoms with Crippen molar-refractivity contribution >= 4 is 33.6 Å². The lowest BCUT2D eigenvalue weighted by atomic mass is 10.1. The number of benzene rings is 1. The quantitative estimate of drug-likeness (QED) is 0.788. The number of imide groups is 1. The van der Waals surface area contributed by atoms with Crippen LogP contribution in [0.25, 0.3) is 0 Å². The van der Waals surface area contributed by atoms with Crippen LogP contribution in [0.1, 0.15) is 25.0 Å². The average molecular weight is 342 g/mol. The van der Waals surface area contributed by atoms with Crippen LogP contribution in [0.4, 0.5) is 10.5 Å². The number of anilines is 1. The van der Waals surface area contributed by atoms with Crippen molar-refractivity contribution < 1.29 is 9.59 Å². The SMILES string of the molecule is CCNC(=O)NC(=O)C(C)Nc1c(C)cc(C)cc1Br. The lowest BCUT2D eigenvalue weighted by molar-refractivity contribution is -0.120. The third-order valence-corrected chi connectivity index (χ3v) is 3.39. The molecule has 5 nitrogen and oxygen atoms in total. The van der Waals surface area contributed by atoms with Crippen LogP contribution in [-0.4, -0.2) is 24.5 Å². The van der Waals surface area contributed by atoms with E-state index < -0.39 is 12.1 Å². The monoisotopic (exact) mass is 341 g/mol. The van der Waals surface area contributed by atoms with E-state index >= 15 is 0 Å². The summed E-state index contributed by atoms with van der Waals surface area (Å²) in [6.07, 6.45) is 0. The minimum atomic E-state index is -0.518. The molecule has 0 spiro atoms. The predicted octanol–water partition coefficient (Wildman–Crippen LogP) is 2.71. The average Bonchev–Trinajstić information content (AvgIpc) is 2.33. The number of rotatable bonds is 4. The van der Waals surface area contributed by atoms with Gasteiger partial charge in [0.25, 0.3) is 0 Å². The lowest BCUT2D eigenvalue weighted by Gasteiger charge is -2.18. The highest BCUT2D eigenvalue weighted by Crippen LogP contribution is 2.28. The van der Waals surface area contributed by atoms with E-state index in [1.165, 1.54) is 0 Å². The smallest absolute Gasteiger partial charge is 0.321 e. The molecule has 110 valence electrons. The molecule has 0 saturated heterocycles. The number of nitrogens with one attached hydrogen (secondary N) is 3. The van der Waals surface area contributed by atoms with E-state index in [9.17, 15) is 9.59 Å². The van der Waals surface area contributed by atoms with Gasteiger partial charge in [0.15, 0.2) is 0 Å². The van der Waals surface area contributed by atoms with Crippen molar-refractivity contribution in [3.8, 4) is 0 Å². The van der Waals surface area contributed by atoms with Gasteiger partial charge in [-0.25, -0.2) is 4.79 Å². The molecule has 0 aliphatic rings. The minimum absolute atomic E-state index is 0.372. The van der Waals surface area contributed by atoms with Gasteiger partial charge in [0, 0.05) is 11.0 Å². The van der Waals surface area contributed by atoms with E-state index in [4.69, 9.17) is 0 Å². The third-order valence-electron chi connectivity index (χ3n) is 2.76. The Labute approximate surface area is 127 Å². The van der Waals surface area contributed by atoms with Gasteiger partial charge in [0.05, 0.1) is 5.69 Å². The summed E-state index contributed by atoms with van der Waals surface area (Å²) < 4.78 is 0.896. The molecular formula is C14H20BrN3O2. The Bertz CT molecular complexity index is 494. The van der Waals surface area contributed by atoms with Gasteiger partial charge in [-0.3, -0.25) is 10.1 Å². The van der Waals surface area contributed by atoms with Gasteiger partial charge in [0.2, 0.25) is 5.91 Å². The van der Waals surface area contributed by atoms with Gasteiger partial charge in [-0.1, -0.05) is 6.07 Å². The second-order valence-electron chi connectivity index (χ2n) is 4.65. The fraction of sp³-hybridized carbons (Fsp3) is 0.429. The summed E-state index contributed by atoms with van der Waals surface area (Å²) >= 11 is 3.48. The molecule has 1 aromatic carbocycles. The molecule has 0 radical (unpaired) electrons. The van der Waals surface area contributed by atoms with Crippen LogP contribution in [0, 0.1) is 13.8 Å². The summed E-state index contributed by atoms with van der Waals surface area (Å²) in [5.41, 5.74) is 3.03. The predicted molar refractivity (Wildman–Crippen MR) is 83.9 cm³/mol. The Balaban J connectivity index is 2.73. The van der Waals surface area contributed by atoms with Crippen LogP contribution in [0.5, 0.6) is 0 Å². The van der Waals surface area contributed by atoms with Crippen LogP contribution in [-0.2, 0) is 4.79 Å². The number of urea groups is 1. The Hall–Kier alpha value is -1.56. The van der Waals surface area contributed by atoms with Gasteiger partial charge in [-0.05, 0) is 60.8 Å². The Morgan fingerprint density at radius 1 is 1.30 bits per heavy atom. The molecule has 1 rings (SSSR count). The molecule has 20 heavy (non-hydrogen) atoms. The number of carbonyl (C=O) groups excluding carboxylic acids is 2. The second kappa shape index (κ2) is 7.28. The molecule has 3 N–H and O–H groups in total. The number of amides is 3. The van der Waals surface area contributed by atoms with Crippen LogP contribution in [0.15, 0.2) is 16.6 Å². The zero-order valence-corrected chi connectivity index (χ0v) is 13.7. The van der Waals surface area contributed by atoms with Crippen molar-refractivity contribution in [1.82, 2.24) is 10.6 Å². The van der Waals surface area contributed by atoms with Gasteiger partial charge < -0.3 is 10.6 Å². The van der Waals surface area contributed by atoms with Crippen molar-refractivity contribution in [2.24, 2.45) is 0 Å². The van der Waals surface area contributed by atoms with Gasteiger partial charge in [0.1, 0.15) is 6.04 Å². The van der Waals surface area contributed by atoms with E-state index in [0.29, 0.717) is 6.54 Å². The summed E-state index contributed by atoms with van der Waals surface area (Å²) in [7, 11) is 0. The van der Waals surface area contributed by atoms with Crippen molar-refractivity contribution in [3.63, 3.8) is 0 Å². The van der Waals surface area contributed by atoms with E-state index in [1.807, 2.05) is 26.0 Å². The molecule has 0 aliphatic carbocycles. The number of hydrogen-bond acceptors (Lipinski definition) is 3. The number of hydrogen-bond donors (Lipinski definition) is 3. The molecule has 0 aliphatic heterocycles. The van der Waals surface area contributed by atoms with Crippen LogP contribution >= 0.6 is 15.9 Å². The molecule has 1 aromatic rings. The molecule has 6 heteroatoms. The van der Waals surface area contributed by atoms with Crippen LogP contribution < -0.4 is 16.0 Å². The van der Waals surface area contributed by atoms with Crippen LogP contribution in [0.2, 0.25) is 0 Å². The first-order chi connectivity index (χ1) is 9.35. The Morgan fingerprint density at radius 2 is 1.95 bits per heavy atom. The third kappa shape index (κ3) is 4.52. The largest absolute Gasteiger partial charge is 0.373 e. The van der Waals surface area contributed by atoms with Gasteiger partial charge in [-0.2, -0.15) is 0 Å². The molecule has 0 fully saturated rings.